The fourth-order valence-corrected chi connectivity index (χ4v) is 2.73. The van der Waals surface area contributed by atoms with Crippen molar-refractivity contribution in [3.05, 3.63) is 0 Å². The third-order valence-corrected chi connectivity index (χ3v) is 1.88. The lowest BCUT2D eigenvalue weighted by atomic mass is 9.87. The standard InChI is InChI=1S/C5H10IN/c1-5(2)3-7(6)4-5/h3-4H2,1-2H3. The van der Waals surface area contributed by atoms with Crippen molar-refractivity contribution in [1.82, 2.24) is 3.11 Å². The molecule has 7 heavy (non-hydrogen) atoms. The SMILES string of the molecule is CC1(C)CN(I)C1. The average Bonchev–Trinajstić information content (AvgIpc) is 1.27. The minimum atomic E-state index is 0.612. The molecule has 0 aromatic rings. The summed E-state index contributed by atoms with van der Waals surface area (Å²) in [7, 11) is 0. The third-order valence-electron chi connectivity index (χ3n) is 1.20. The first-order valence-electron chi connectivity index (χ1n) is 2.51. The molecule has 0 aliphatic carbocycles. The van der Waals surface area contributed by atoms with Crippen molar-refractivity contribution < 1.29 is 0 Å². The van der Waals surface area contributed by atoms with E-state index in [1.807, 2.05) is 0 Å². The van der Waals surface area contributed by atoms with Crippen LogP contribution in [-0.2, 0) is 0 Å². The van der Waals surface area contributed by atoms with Crippen molar-refractivity contribution in [2.24, 2.45) is 5.41 Å². The summed E-state index contributed by atoms with van der Waals surface area (Å²) in [5, 5.41) is 0. The van der Waals surface area contributed by atoms with E-state index in [4.69, 9.17) is 0 Å². The van der Waals surface area contributed by atoms with Gasteiger partial charge in [-0.15, -0.1) is 0 Å². The molecule has 0 radical (unpaired) electrons. The van der Waals surface area contributed by atoms with Crippen molar-refractivity contribution in [2.75, 3.05) is 13.1 Å². The summed E-state index contributed by atoms with van der Waals surface area (Å²) in [4.78, 5) is 0. The molecule has 1 rings (SSSR count). The summed E-state index contributed by atoms with van der Waals surface area (Å²) >= 11 is 2.35. The summed E-state index contributed by atoms with van der Waals surface area (Å²) in [6.07, 6.45) is 0. The Morgan fingerprint density at radius 1 is 1.43 bits per heavy atom. The number of halogens is 1. The van der Waals surface area contributed by atoms with E-state index < -0.39 is 0 Å². The zero-order chi connectivity index (χ0) is 5.49. The van der Waals surface area contributed by atoms with Crippen molar-refractivity contribution >= 4 is 22.9 Å². The van der Waals surface area contributed by atoms with Crippen LogP contribution in [0, 0.1) is 5.41 Å². The van der Waals surface area contributed by atoms with Crippen LogP contribution in [0.4, 0.5) is 0 Å². The Kier molecular flexibility index (Phi) is 1.32. The molecule has 0 saturated carbocycles. The molecule has 0 N–H and O–H groups in total. The van der Waals surface area contributed by atoms with E-state index in [0.717, 1.165) is 0 Å². The van der Waals surface area contributed by atoms with Crippen LogP contribution < -0.4 is 0 Å². The van der Waals surface area contributed by atoms with Gasteiger partial charge in [0.2, 0.25) is 0 Å². The minimum Gasteiger partial charge on any atom is -0.246 e. The molecule has 0 spiro atoms. The highest BCUT2D eigenvalue weighted by molar-refractivity contribution is 14.1. The van der Waals surface area contributed by atoms with Crippen LogP contribution in [-0.4, -0.2) is 16.2 Å². The molecule has 1 aliphatic rings. The molecule has 1 fully saturated rings. The van der Waals surface area contributed by atoms with Crippen LogP contribution in [0.15, 0.2) is 0 Å². The van der Waals surface area contributed by atoms with E-state index in [1.165, 1.54) is 13.1 Å². The zero-order valence-corrected chi connectivity index (χ0v) is 6.90. The molecule has 1 aliphatic heterocycles. The van der Waals surface area contributed by atoms with Crippen LogP contribution in [0.2, 0.25) is 0 Å². The van der Waals surface area contributed by atoms with Gasteiger partial charge < -0.3 is 0 Å². The van der Waals surface area contributed by atoms with Gasteiger partial charge in [-0.3, -0.25) is 0 Å². The van der Waals surface area contributed by atoms with Crippen molar-refractivity contribution in [2.45, 2.75) is 13.8 Å². The van der Waals surface area contributed by atoms with Gasteiger partial charge in [-0.25, -0.2) is 3.11 Å². The molecule has 1 heterocycles. The van der Waals surface area contributed by atoms with E-state index in [2.05, 4.69) is 39.8 Å². The number of nitrogens with zero attached hydrogens (tertiary/aromatic N) is 1. The van der Waals surface area contributed by atoms with Gasteiger partial charge in [0.05, 0.1) is 0 Å². The lowest BCUT2D eigenvalue weighted by molar-refractivity contribution is 0.142. The molecule has 42 valence electrons. The summed E-state index contributed by atoms with van der Waals surface area (Å²) in [6, 6.07) is 0. The van der Waals surface area contributed by atoms with Crippen LogP contribution >= 0.6 is 22.9 Å². The summed E-state index contributed by atoms with van der Waals surface area (Å²) in [5.74, 6) is 0. The quantitative estimate of drug-likeness (QED) is 0.435. The van der Waals surface area contributed by atoms with Crippen LogP contribution in [0.3, 0.4) is 0 Å². The fourth-order valence-electron chi connectivity index (χ4n) is 0.883. The third kappa shape index (κ3) is 1.29. The lowest BCUT2D eigenvalue weighted by Gasteiger charge is -2.41. The normalized spacial score (nSPS) is 29.6. The number of rotatable bonds is 0. The molecule has 0 unspecified atom stereocenters. The largest absolute Gasteiger partial charge is 0.246 e. The highest BCUT2D eigenvalue weighted by Gasteiger charge is 2.31. The van der Waals surface area contributed by atoms with Gasteiger partial charge >= 0.3 is 0 Å². The van der Waals surface area contributed by atoms with Gasteiger partial charge in [-0.2, -0.15) is 0 Å². The second-order valence-electron chi connectivity index (χ2n) is 2.94. The molecule has 0 aromatic heterocycles. The van der Waals surface area contributed by atoms with Gasteiger partial charge in [-0.1, -0.05) is 13.8 Å². The Bertz CT molecular complexity index is 72.1. The number of hydrogen-bond acceptors (Lipinski definition) is 1. The Hall–Kier alpha value is 0.690. The Morgan fingerprint density at radius 2 is 1.86 bits per heavy atom. The van der Waals surface area contributed by atoms with Crippen molar-refractivity contribution in [3.63, 3.8) is 0 Å². The molecule has 1 nitrogen and oxygen atoms in total. The monoisotopic (exact) mass is 211 g/mol. The van der Waals surface area contributed by atoms with Gasteiger partial charge in [-0.05, 0) is 5.41 Å². The van der Waals surface area contributed by atoms with Gasteiger partial charge in [0.15, 0.2) is 0 Å². The Balaban J connectivity index is 2.29. The predicted octanol–water partition coefficient (Wildman–Crippen LogP) is 1.68. The second kappa shape index (κ2) is 1.58. The molecule has 0 bridgehead atoms. The smallest absolute Gasteiger partial charge is 0.0201 e. The first kappa shape index (κ1) is 5.82. The topological polar surface area (TPSA) is 3.24 Å². The predicted molar refractivity (Wildman–Crippen MR) is 39.4 cm³/mol. The van der Waals surface area contributed by atoms with Crippen LogP contribution in [0.1, 0.15) is 13.8 Å². The molecule has 2 heteroatoms. The van der Waals surface area contributed by atoms with Crippen molar-refractivity contribution in [3.8, 4) is 0 Å². The van der Waals surface area contributed by atoms with Crippen LogP contribution in [0.25, 0.3) is 0 Å². The van der Waals surface area contributed by atoms with E-state index >= 15 is 0 Å². The summed E-state index contributed by atoms with van der Waals surface area (Å²) in [6.45, 7) is 7.10. The second-order valence-corrected chi connectivity index (χ2v) is 4.31. The lowest BCUT2D eigenvalue weighted by Crippen LogP contribution is -2.46. The van der Waals surface area contributed by atoms with Gasteiger partial charge in [0, 0.05) is 36.0 Å². The minimum absolute atomic E-state index is 0.612. The zero-order valence-electron chi connectivity index (χ0n) is 4.74. The maximum atomic E-state index is 2.35. The molecule has 0 amide bonds. The van der Waals surface area contributed by atoms with E-state index in [-0.39, 0.29) is 0 Å². The highest BCUT2D eigenvalue weighted by atomic mass is 127. The molecule has 0 aromatic carbocycles. The molecule has 1 saturated heterocycles. The van der Waals surface area contributed by atoms with Gasteiger partial charge in [0.1, 0.15) is 0 Å². The first-order valence-corrected chi connectivity index (χ1v) is 3.47. The Labute approximate surface area is 58.6 Å². The summed E-state index contributed by atoms with van der Waals surface area (Å²) in [5.41, 5.74) is 0.612. The molecule has 0 atom stereocenters. The Morgan fingerprint density at radius 3 is 1.86 bits per heavy atom. The maximum absolute atomic E-state index is 2.35. The van der Waals surface area contributed by atoms with Crippen molar-refractivity contribution in [1.29, 1.82) is 0 Å². The average molecular weight is 211 g/mol. The van der Waals surface area contributed by atoms with E-state index in [9.17, 15) is 0 Å². The molecular weight excluding hydrogens is 201 g/mol. The summed E-state index contributed by atoms with van der Waals surface area (Å²) < 4.78 is 2.30. The fraction of sp³-hybridized carbons (Fsp3) is 1.00. The van der Waals surface area contributed by atoms with E-state index in [1.54, 1.807) is 0 Å². The van der Waals surface area contributed by atoms with Gasteiger partial charge in [0.25, 0.3) is 0 Å². The number of hydrogen-bond donors (Lipinski definition) is 0. The highest BCUT2D eigenvalue weighted by Crippen LogP contribution is 2.30. The molecular formula is C5H10IN. The van der Waals surface area contributed by atoms with E-state index in [0.29, 0.717) is 5.41 Å². The first-order chi connectivity index (χ1) is 3.10. The van der Waals surface area contributed by atoms with Crippen LogP contribution in [0.5, 0.6) is 0 Å². The maximum Gasteiger partial charge on any atom is 0.0201 e.